The van der Waals surface area contributed by atoms with E-state index in [1.54, 1.807) is 0 Å². The molecule has 0 amide bonds. The Morgan fingerprint density at radius 3 is 2.11 bits per heavy atom. The molecule has 1 saturated carbocycles. The summed E-state index contributed by atoms with van der Waals surface area (Å²) in [4.78, 5) is 0. The third kappa shape index (κ3) is 2.56. The second kappa shape index (κ2) is 4.13. The van der Waals surface area contributed by atoms with Crippen molar-refractivity contribution in [2.24, 2.45) is 5.73 Å². The molecule has 0 heterocycles. The van der Waals surface area contributed by atoms with Crippen molar-refractivity contribution in [3.05, 3.63) is 35.1 Å². The maximum absolute atomic E-state index is 13.2. The monoisotopic (exact) mass is 283 g/mol. The lowest BCUT2D eigenvalue weighted by molar-refractivity contribution is -0.138. The molecular formula is C12H11F6N. The van der Waals surface area contributed by atoms with Crippen LogP contribution in [0.1, 0.15) is 24.0 Å². The van der Waals surface area contributed by atoms with Gasteiger partial charge in [-0.3, -0.25) is 0 Å². The fourth-order valence-corrected chi connectivity index (χ4v) is 2.46. The van der Waals surface area contributed by atoms with Crippen LogP contribution in [0.5, 0.6) is 0 Å². The number of halogens is 6. The van der Waals surface area contributed by atoms with E-state index in [2.05, 4.69) is 0 Å². The average molecular weight is 283 g/mol. The molecule has 19 heavy (non-hydrogen) atoms. The predicted molar refractivity (Wildman–Crippen MR) is 56.3 cm³/mol. The van der Waals surface area contributed by atoms with Crippen LogP contribution in [0.25, 0.3) is 0 Å². The van der Waals surface area contributed by atoms with Gasteiger partial charge in [0.05, 0.1) is 5.56 Å². The van der Waals surface area contributed by atoms with Crippen LogP contribution in [0.3, 0.4) is 0 Å². The second-order valence-corrected chi connectivity index (χ2v) is 4.92. The van der Waals surface area contributed by atoms with Crippen molar-refractivity contribution in [3.8, 4) is 0 Å². The van der Waals surface area contributed by atoms with E-state index in [0.717, 1.165) is 6.07 Å². The highest BCUT2D eigenvalue weighted by atomic mass is 19.4. The summed E-state index contributed by atoms with van der Waals surface area (Å²) < 4.78 is 76.9. The van der Waals surface area contributed by atoms with E-state index in [1.165, 1.54) is 0 Å². The van der Waals surface area contributed by atoms with Gasteiger partial charge in [-0.25, -0.2) is 13.2 Å². The summed E-state index contributed by atoms with van der Waals surface area (Å²) in [5.41, 5.74) is 2.82. The first-order valence-electron chi connectivity index (χ1n) is 5.54. The van der Waals surface area contributed by atoms with Gasteiger partial charge in [0.1, 0.15) is 5.82 Å². The van der Waals surface area contributed by atoms with E-state index in [9.17, 15) is 26.3 Å². The van der Waals surface area contributed by atoms with Crippen molar-refractivity contribution >= 4 is 0 Å². The largest absolute Gasteiger partial charge is 0.416 e. The first-order chi connectivity index (χ1) is 8.58. The third-order valence-corrected chi connectivity index (χ3v) is 3.42. The van der Waals surface area contributed by atoms with Crippen molar-refractivity contribution in [1.82, 2.24) is 0 Å². The minimum absolute atomic E-state index is 0.117. The van der Waals surface area contributed by atoms with Gasteiger partial charge in [-0.2, -0.15) is 13.2 Å². The number of hydrogen-bond donors (Lipinski definition) is 1. The summed E-state index contributed by atoms with van der Waals surface area (Å²) in [6.07, 6.45) is -6.03. The zero-order valence-electron chi connectivity index (χ0n) is 9.70. The lowest BCUT2D eigenvalue weighted by Gasteiger charge is -2.47. The Bertz CT molecular complexity index is 485. The standard InChI is InChI=1S/C12H11F6N/c13-9-2-7(1-8(3-9)12(16,17)18)10(6-19)4-11(14,15)5-10/h1-3H,4-6,19H2. The number of nitrogens with two attached hydrogens (primary N) is 1. The van der Waals surface area contributed by atoms with Crippen LogP contribution in [0.2, 0.25) is 0 Å². The lowest BCUT2D eigenvalue weighted by atomic mass is 9.62. The first-order valence-corrected chi connectivity index (χ1v) is 5.54. The fraction of sp³-hybridized carbons (Fsp3) is 0.500. The van der Waals surface area contributed by atoms with Crippen molar-refractivity contribution in [2.45, 2.75) is 30.4 Å². The Kier molecular flexibility index (Phi) is 3.08. The molecule has 1 nitrogen and oxygen atoms in total. The summed E-state index contributed by atoms with van der Waals surface area (Å²) in [6, 6.07) is 1.88. The number of hydrogen-bond acceptors (Lipinski definition) is 1. The molecule has 0 spiro atoms. The summed E-state index contributed by atoms with van der Waals surface area (Å²) in [7, 11) is 0. The van der Waals surface area contributed by atoms with E-state index in [-0.39, 0.29) is 12.1 Å². The Morgan fingerprint density at radius 1 is 1.11 bits per heavy atom. The molecule has 1 aliphatic rings. The zero-order chi connectivity index (χ0) is 14.5. The van der Waals surface area contributed by atoms with Gasteiger partial charge in [0.15, 0.2) is 0 Å². The van der Waals surface area contributed by atoms with Crippen LogP contribution in [-0.4, -0.2) is 12.5 Å². The second-order valence-electron chi connectivity index (χ2n) is 4.92. The number of benzene rings is 1. The van der Waals surface area contributed by atoms with Crippen molar-refractivity contribution in [3.63, 3.8) is 0 Å². The molecule has 0 bridgehead atoms. The fourth-order valence-electron chi connectivity index (χ4n) is 2.46. The molecule has 1 aromatic rings. The molecule has 0 unspecified atom stereocenters. The lowest BCUT2D eigenvalue weighted by Crippen LogP contribution is -2.53. The summed E-state index contributed by atoms with van der Waals surface area (Å²) in [5.74, 6) is -4.06. The van der Waals surface area contributed by atoms with Gasteiger partial charge in [0, 0.05) is 24.8 Å². The molecule has 0 atom stereocenters. The van der Waals surface area contributed by atoms with Crippen LogP contribution < -0.4 is 5.73 Å². The molecule has 0 radical (unpaired) electrons. The van der Waals surface area contributed by atoms with Crippen molar-refractivity contribution in [1.29, 1.82) is 0 Å². The summed E-state index contributed by atoms with van der Waals surface area (Å²) in [5, 5.41) is 0. The Morgan fingerprint density at radius 2 is 1.68 bits per heavy atom. The van der Waals surface area contributed by atoms with E-state index < -0.39 is 41.7 Å². The molecule has 1 aromatic carbocycles. The molecule has 106 valence electrons. The van der Waals surface area contributed by atoms with Gasteiger partial charge in [-0.15, -0.1) is 0 Å². The van der Waals surface area contributed by atoms with Crippen molar-refractivity contribution in [2.75, 3.05) is 6.54 Å². The van der Waals surface area contributed by atoms with E-state index in [1.807, 2.05) is 0 Å². The minimum Gasteiger partial charge on any atom is -0.330 e. The third-order valence-electron chi connectivity index (χ3n) is 3.42. The normalized spacial score (nSPS) is 21.0. The van der Waals surface area contributed by atoms with Gasteiger partial charge >= 0.3 is 6.18 Å². The Balaban J connectivity index is 2.43. The first kappa shape index (κ1) is 14.2. The van der Waals surface area contributed by atoms with E-state index in [0.29, 0.717) is 12.1 Å². The van der Waals surface area contributed by atoms with Gasteiger partial charge in [-0.1, -0.05) is 0 Å². The van der Waals surface area contributed by atoms with Crippen LogP contribution in [-0.2, 0) is 11.6 Å². The SMILES string of the molecule is NCC1(c2cc(F)cc(C(F)(F)F)c2)CC(F)(F)C1. The highest BCUT2D eigenvalue weighted by Gasteiger charge is 2.56. The summed E-state index contributed by atoms with van der Waals surface area (Å²) in [6.45, 7) is -0.247. The maximum atomic E-state index is 13.2. The highest BCUT2D eigenvalue weighted by molar-refractivity contribution is 5.36. The average Bonchev–Trinajstić information content (AvgIpc) is 2.23. The number of alkyl halides is 5. The molecule has 1 aliphatic carbocycles. The summed E-state index contributed by atoms with van der Waals surface area (Å²) >= 11 is 0. The molecule has 2 N–H and O–H groups in total. The zero-order valence-corrected chi connectivity index (χ0v) is 9.70. The smallest absolute Gasteiger partial charge is 0.330 e. The minimum atomic E-state index is -4.72. The maximum Gasteiger partial charge on any atom is 0.416 e. The molecule has 0 saturated heterocycles. The highest BCUT2D eigenvalue weighted by Crippen LogP contribution is 2.53. The predicted octanol–water partition coefficient (Wildman–Crippen LogP) is 3.47. The molecule has 7 heteroatoms. The van der Waals surface area contributed by atoms with Gasteiger partial charge in [0.2, 0.25) is 5.92 Å². The topological polar surface area (TPSA) is 26.0 Å². The quantitative estimate of drug-likeness (QED) is 0.826. The Labute approximate surface area is 105 Å². The van der Waals surface area contributed by atoms with Gasteiger partial charge in [-0.05, 0) is 23.8 Å². The van der Waals surface area contributed by atoms with Gasteiger partial charge in [0.25, 0.3) is 0 Å². The molecule has 2 rings (SSSR count). The van der Waals surface area contributed by atoms with E-state index in [4.69, 9.17) is 5.73 Å². The van der Waals surface area contributed by atoms with Crippen LogP contribution in [0, 0.1) is 5.82 Å². The molecule has 0 aromatic heterocycles. The Hall–Kier alpha value is -1.24. The van der Waals surface area contributed by atoms with Crippen LogP contribution in [0.15, 0.2) is 18.2 Å². The van der Waals surface area contributed by atoms with Crippen molar-refractivity contribution < 1.29 is 26.3 Å². The molecule has 1 fully saturated rings. The van der Waals surface area contributed by atoms with Gasteiger partial charge < -0.3 is 5.73 Å². The molecule has 0 aliphatic heterocycles. The number of rotatable bonds is 2. The van der Waals surface area contributed by atoms with Crippen LogP contribution in [0.4, 0.5) is 26.3 Å². The molecular weight excluding hydrogens is 272 g/mol. The van der Waals surface area contributed by atoms with Crippen LogP contribution >= 0.6 is 0 Å². The van der Waals surface area contributed by atoms with E-state index >= 15 is 0 Å².